The Morgan fingerprint density at radius 1 is 0.833 bits per heavy atom. The van der Waals surface area contributed by atoms with Gasteiger partial charge in [0.1, 0.15) is 0 Å². The molecule has 0 N–H and O–H groups in total. The zero-order valence-electron chi connectivity index (χ0n) is 11.1. The summed E-state index contributed by atoms with van der Waals surface area (Å²) in [6, 6.07) is 21.6. The predicted octanol–water partition coefficient (Wildman–Crippen LogP) is 5.00. The molecule has 93 valence electrons. The van der Waals surface area contributed by atoms with Crippen molar-refractivity contribution in [3.63, 3.8) is 0 Å². The van der Waals surface area contributed by atoms with Crippen LogP contribution in [-0.4, -0.2) is 0 Å². The van der Waals surface area contributed by atoms with Crippen LogP contribution in [0.15, 0.2) is 60.7 Å². The second-order valence-corrected chi connectivity index (χ2v) is 4.81. The summed E-state index contributed by atoms with van der Waals surface area (Å²) in [6.07, 6.45) is 3.21. The third-order valence-electron chi connectivity index (χ3n) is 3.76. The standard InChI is InChI=1S/C18H21/c1-3-15-18(4-2,16-11-7-5-8-12-16)17-13-9-6-10-14-17/h5-14H,2-4,15H2,1H3. The van der Waals surface area contributed by atoms with E-state index in [-0.39, 0.29) is 5.41 Å². The van der Waals surface area contributed by atoms with Crippen molar-refractivity contribution >= 4 is 0 Å². The lowest BCUT2D eigenvalue weighted by Gasteiger charge is -2.34. The van der Waals surface area contributed by atoms with Crippen LogP contribution in [0.4, 0.5) is 0 Å². The van der Waals surface area contributed by atoms with Gasteiger partial charge in [0.25, 0.3) is 0 Å². The number of benzene rings is 2. The van der Waals surface area contributed by atoms with E-state index in [1.807, 2.05) is 0 Å². The molecule has 2 aromatic carbocycles. The summed E-state index contributed by atoms with van der Waals surface area (Å²) in [7, 11) is 0. The van der Waals surface area contributed by atoms with Crippen LogP contribution in [0.5, 0.6) is 0 Å². The van der Waals surface area contributed by atoms with Crippen LogP contribution in [0.3, 0.4) is 0 Å². The van der Waals surface area contributed by atoms with Gasteiger partial charge >= 0.3 is 0 Å². The normalized spacial score (nSPS) is 11.4. The molecular weight excluding hydrogens is 216 g/mol. The minimum Gasteiger partial charge on any atom is -0.0653 e. The SMILES string of the molecule is [CH2]CC(CCC)(c1ccccc1)c1ccccc1. The molecule has 0 saturated heterocycles. The maximum absolute atomic E-state index is 4.23. The van der Waals surface area contributed by atoms with E-state index < -0.39 is 0 Å². The molecule has 18 heavy (non-hydrogen) atoms. The first-order chi connectivity index (χ1) is 8.83. The van der Waals surface area contributed by atoms with Crippen molar-refractivity contribution in [3.8, 4) is 0 Å². The topological polar surface area (TPSA) is 0 Å². The Hall–Kier alpha value is -1.56. The van der Waals surface area contributed by atoms with Gasteiger partial charge in [0, 0.05) is 5.41 Å². The Morgan fingerprint density at radius 2 is 1.28 bits per heavy atom. The van der Waals surface area contributed by atoms with Gasteiger partial charge in [-0.15, -0.1) is 0 Å². The Morgan fingerprint density at radius 3 is 1.61 bits per heavy atom. The largest absolute Gasteiger partial charge is 0.0653 e. The highest BCUT2D eigenvalue weighted by molar-refractivity contribution is 5.39. The smallest absolute Gasteiger partial charge is 0.0202 e. The van der Waals surface area contributed by atoms with Crippen LogP contribution in [-0.2, 0) is 5.41 Å². The maximum Gasteiger partial charge on any atom is 0.0202 e. The van der Waals surface area contributed by atoms with Crippen molar-refractivity contribution in [3.05, 3.63) is 78.7 Å². The lowest BCUT2D eigenvalue weighted by atomic mass is 9.69. The van der Waals surface area contributed by atoms with Crippen LogP contribution in [0, 0.1) is 6.92 Å². The second kappa shape index (κ2) is 5.86. The fourth-order valence-electron chi connectivity index (χ4n) is 2.81. The molecule has 0 aliphatic rings. The van der Waals surface area contributed by atoms with E-state index >= 15 is 0 Å². The van der Waals surface area contributed by atoms with Gasteiger partial charge in [-0.1, -0.05) is 80.9 Å². The van der Waals surface area contributed by atoms with E-state index in [2.05, 4.69) is 74.5 Å². The third-order valence-corrected chi connectivity index (χ3v) is 3.76. The quantitative estimate of drug-likeness (QED) is 0.686. The van der Waals surface area contributed by atoms with Gasteiger partial charge in [0.15, 0.2) is 0 Å². The summed E-state index contributed by atoms with van der Waals surface area (Å²) in [4.78, 5) is 0. The molecule has 0 bridgehead atoms. The molecule has 0 aliphatic heterocycles. The fraction of sp³-hybridized carbons (Fsp3) is 0.278. The van der Waals surface area contributed by atoms with E-state index in [1.165, 1.54) is 17.5 Å². The highest BCUT2D eigenvalue weighted by Crippen LogP contribution is 2.39. The monoisotopic (exact) mass is 237 g/mol. The third kappa shape index (κ3) is 2.33. The van der Waals surface area contributed by atoms with Gasteiger partial charge in [-0.25, -0.2) is 0 Å². The van der Waals surface area contributed by atoms with Gasteiger partial charge in [-0.2, -0.15) is 0 Å². The van der Waals surface area contributed by atoms with Crippen molar-refractivity contribution in [2.24, 2.45) is 0 Å². The Labute approximate surface area is 111 Å². The first-order valence-electron chi connectivity index (χ1n) is 6.74. The van der Waals surface area contributed by atoms with Crippen molar-refractivity contribution < 1.29 is 0 Å². The molecular formula is C18H21. The summed E-state index contributed by atoms with van der Waals surface area (Å²) in [5, 5.41) is 0. The molecule has 0 spiro atoms. The van der Waals surface area contributed by atoms with Gasteiger partial charge in [0.05, 0.1) is 0 Å². The average molecular weight is 237 g/mol. The second-order valence-electron chi connectivity index (χ2n) is 4.81. The van der Waals surface area contributed by atoms with Crippen LogP contribution in [0.1, 0.15) is 37.3 Å². The molecule has 0 fully saturated rings. The molecule has 0 saturated carbocycles. The molecule has 2 aromatic rings. The molecule has 2 rings (SSSR count). The Kier molecular flexibility index (Phi) is 4.19. The van der Waals surface area contributed by atoms with Gasteiger partial charge in [0.2, 0.25) is 0 Å². The van der Waals surface area contributed by atoms with Crippen molar-refractivity contribution in [2.45, 2.75) is 31.6 Å². The molecule has 0 heterocycles. The molecule has 0 nitrogen and oxygen atoms in total. The maximum atomic E-state index is 4.23. The van der Waals surface area contributed by atoms with Gasteiger partial charge < -0.3 is 0 Å². The zero-order valence-corrected chi connectivity index (χ0v) is 11.1. The summed E-state index contributed by atoms with van der Waals surface area (Å²) < 4.78 is 0. The number of rotatable bonds is 5. The van der Waals surface area contributed by atoms with Crippen molar-refractivity contribution in [2.75, 3.05) is 0 Å². The van der Waals surface area contributed by atoms with Crippen LogP contribution in [0.2, 0.25) is 0 Å². The summed E-state index contributed by atoms with van der Waals surface area (Å²) in [5.41, 5.74) is 2.83. The molecule has 1 radical (unpaired) electrons. The van der Waals surface area contributed by atoms with E-state index in [0.29, 0.717) is 0 Å². The molecule has 0 aliphatic carbocycles. The minimum atomic E-state index is 0.0667. The van der Waals surface area contributed by atoms with Gasteiger partial charge in [-0.05, 0) is 24.0 Å². The summed E-state index contributed by atoms with van der Waals surface area (Å²) >= 11 is 0. The first kappa shape index (κ1) is 12.9. The van der Waals surface area contributed by atoms with Gasteiger partial charge in [-0.3, -0.25) is 0 Å². The lowest BCUT2D eigenvalue weighted by Crippen LogP contribution is -2.26. The van der Waals surface area contributed by atoms with Crippen LogP contribution >= 0.6 is 0 Å². The first-order valence-corrected chi connectivity index (χ1v) is 6.74. The molecule has 0 heteroatoms. The number of hydrogen-bond acceptors (Lipinski definition) is 0. The molecule has 0 amide bonds. The van der Waals surface area contributed by atoms with Crippen LogP contribution < -0.4 is 0 Å². The van der Waals surface area contributed by atoms with E-state index in [4.69, 9.17) is 0 Å². The van der Waals surface area contributed by atoms with Crippen molar-refractivity contribution in [1.29, 1.82) is 0 Å². The molecule has 0 aromatic heterocycles. The highest BCUT2D eigenvalue weighted by atomic mass is 14.3. The number of hydrogen-bond donors (Lipinski definition) is 0. The lowest BCUT2D eigenvalue weighted by molar-refractivity contribution is 0.469. The summed E-state index contributed by atoms with van der Waals surface area (Å²) in [6.45, 7) is 6.48. The van der Waals surface area contributed by atoms with E-state index in [0.717, 1.165) is 12.8 Å². The van der Waals surface area contributed by atoms with E-state index in [1.54, 1.807) is 0 Å². The molecule has 0 unspecified atom stereocenters. The highest BCUT2D eigenvalue weighted by Gasteiger charge is 2.30. The fourth-order valence-corrected chi connectivity index (χ4v) is 2.81. The predicted molar refractivity (Wildman–Crippen MR) is 78.5 cm³/mol. The van der Waals surface area contributed by atoms with Crippen molar-refractivity contribution in [1.82, 2.24) is 0 Å². The summed E-state index contributed by atoms with van der Waals surface area (Å²) in [5.74, 6) is 0. The Bertz CT molecular complexity index is 416. The minimum absolute atomic E-state index is 0.0667. The average Bonchev–Trinajstić information content (AvgIpc) is 2.47. The zero-order chi connectivity index (χ0) is 12.8. The molecule has 0 atom stereocenters. The van der Waals surface area contributed by atoms with Crippen LogP contribution in [0.25, 0.3) is 0 Å². The Balaban J connectivity index is 2.53. The van der Waals surface area contributed by atoms with E-state index in [9.17, 15) is 0 Å².